The number of nitrogens with zero attached hydrogens (tertiary/aromatic N) is 1. The Morgan fingerprint density at radius 1 is 0.941 bits per heavy atom. The van der Waals surface area contributed by atoms with Gasteiger partial charge in [-0.2, -0.15) is 5.10 Å². The number of hydrazone groups is 1. The molecule has 0 unspecified atom stereocenters. The van der Waals surface area contributed by atoms with Crippen molar-refractivity contribution in [2.24, 2.45) is 5.10 Å². The van der Waals surface area contributed by atoms with Crippen LogP contribution in [0.2, 0.25) is 5.02 Å². The molecule has 4 aromatic carbocycles. The van der Waals surface area contributed by atoms with Crippen LogP contribution in [0, 0.1) is 0 Å². The first-order valence-corrected chi connectivity index (χ1v) is 11.4. The van der Waals surface area contributed by atoms with Crippen molar-refractivity contribution >= 4 is 34.5 Å². The molecular weight excluding hydrogens is 448 g/mol. The molecule has 0 aromatic heterocycles. The van der Waals surface area contributed by atoms with Crippen LogP contribution in [0.15, 0.2) is 90.0 Å². The molecule has 0 heterocycles. The zero-order valence-corrected chi connectivity index (χ0v) is 19.6. The molecule has 0 bridgehead atoms. The minimum absolute atomic E-state index is 0.180. The van der Waals surface area contributed by atoms with Gasteiger partial charge in [0.1, 0.15) is 6.61 Å². The van der Waals surface area contributed by atoms with E-state index in [0.29, 0.717) is 29.7 Å². The number of halogens is 1. The van der Waals surface area contributed by atoms with Crippen LogP contribution in [0.5, 0.6) is 11.5 Å². The van der Waals surface area contributed by atoms with E-state index in [-0.39, 0.29) is 12.3 Å². The molecule has 34 heavy (non-hydrogen) atoms. The molecular formula is C28H25ClN2O3. The Kier molecular flexibility index (Phi) is 7.79. The summed E-state index contributed by atoms with van der Waals surface area (Å²) in [6.45, 7) is 2.81. The third kappa shape index (κ3) is 6.15. The second kappa shape index (κ2) is 11.3. The molecule has 0 atom stereocenters. The van der Waals surface area contributed by atoms with E-state index >= 15 is 0 Å². The van der Waals surface area contributed by atoms with Crippen LogP contribution in [-0.2, 0) is 17.8 Å². The summed E-state index contributed by atoms with van der Waals surface area (Å²) >= 11 is 5.94. The largest absolute Gasteiger partial charge is 0.490 e. The highest BCUT2D eigenvalue weighted by atomic mass is 35.5. The van der Waals surface area contributed by atoms with Gasteiger partial charge in [-0.15, -0.1) is 0 Å². The van der Waals surface area contributed by atoms with Gasteiger partial charge >= 0.3 is 0 Å². The van der Waals surface area contributed by atoms with Gasteiger partial charge in [0.2, 0.25) is 5.91 Å². The lowest BCUT2D eigenvalue weighted by molar-refractivity contribution is -0.120. The maximum absolute atomic E-state index is 12.4. The minimum Gasteiger partial charge on any atom is -0.490 e. The van der Waals surface area contributed by atoms with Crippen molar-refractivity contribution < 1.29 is 14.3 Å². The van der Waals surface area contributed by atoms with Crippen molar-refractivity contribution in [1.82, 2.24) is 5.43 Å². The van der Waals surface area contributed by atoms with Crippen molar-refractivity contribution in [1.29, 1.82) is 0 Å². The van der Waals surface area contributed by atoms with Gasteiger partial charge < -0.3 is 9.47 Å². The summed E-state index contributed by atoms with van der Waals surface area (Å²) in [5.41, 5.74) is 5.36. The van der Waals surface area contributed by atoms with Crippen molar-refractivity contribution in [3.63, 3.8) is 0 Å². The van der Waals surface area contributed by atoms with Crippen LogP contribution in [0.25, 0.3) is 10.8 Å². The van der Waals surface area contributed by atoms with Gasteiger partial charge in [0.15, 0.2) is 11.5 Å². The molecule has 4 aromatic rings. The third-order valence-corrected chi connectivity index (χ3v) is 5.46. The number of amides is 1. The van der Waals surface area contributed by atoms with Crippen molar-refractivity contribution in [2.75, 3.05) is 6.61 Å². The molecule has 4 rings (SSSR count). The Morgan fingerprint density at radius 2 is 1.74 bits per heavy atom. The normalized spacial score (nSPS) is 11.0. The van der Waals surface area contributed by atoms with Crippen LogP contribution in [0.1, 0.15) is 23.6 Å². The number of fused-ring (bicyclic) bond motifs is 1. The molecule has 0 saturated heterocycles. The maximum Gasteiger partial charge on any atom is 0.244 e. The second-order valence-corrected chi connectivity index (χ2v) is 8.10. The summed E-state index contributed by atoms with van der Waals surface area (Å²) in [7, 11) is 0. The first-order chi connectivity index (χ1) is 16.6. The van der Waals surface area contributed by atoms with Crippen LogP contribution >= 0.6 is 11.6 Å². The number of carbonyl (C=O) groups excluding carboxylic acids is 1. The van der Waals surface area contributed by atoms with Gasteiger partial charge in [0.05, 0.1) is 19.2 Å². The molecule has 0 aliphatic carbocycles. The third-order valence-electron chi connectivity index (χ3n) is 5.21. The number of hydrogen-bond donors (Lipinski definition) is 1. The topological polar surface area (TPSA) is 59.9 Å². The quantitative estimate of drug-likeness (QED) is 0.234. The summed E-state index contributed by atoms with van der Waals surface area (Å²) in [5, 5.41) is 6.98. The maximum atomic E-state index is 12.4. The molecule has 5 nitrogen and oxygen atoms in total. The van der Waals surface area contributed by atoms with Crippen LogP contribution < -0.4 is 14.9 Å². The molecule has 6 heteroatoms. The fourth-order valence-corrected chi connectivity index (χ4v) is 3.70. The number of carbonyl (C=O) groups is 1. The lowest BCUT2D eigenvalue weighted by Gasteiger charge is -2.12. The minimum atomic E-state index is -0.180. The van der Waals surface area contributed by atoms with Gasteiger partial charge in [-0.05, 0) is 64.7 Å². The van der Waals surface area contributed by atoms with E-state index in [1.807, 2.05) is 91.9 Å². The van der Waals surface area contributed by atoms with Crippen LogP contribution in [0.3, 0.4) is 0 Å². The number of hydrogen-bond acceptors (Lipinski definition) is 4. The highest BCUT2D eigenvalue weighted by Crippen LogP contribution is 2.29. The Balaban J connectivity index is 1.38. The number of ether oxygens (including phenoxy) is 2. The molecule has 0 aliphatic heterocycles. The lowest BCUT2D eigenvalue weighted by atomic mass is 10.0. The monoisotopic (exact) mass is 472 g/mol. The van der Waals surface area contributed by atoms with Gasteiger partial charge in [0.25, 0.3) is 0 Å². The zero-order chi connectivity index (χ0) is 23.8. The highest BCUT2D eigenvalue weighted by Gasteiger charge is 2.08. The highest BCUT2D eigenvalue weighted by molar-refractivity contribution is 6.30. The predicted octanol–water partition coefficient (Wildman–Crippen LogP) is 6.16. The first-order valence-electron chi connectivity index (χ1n) is 11.0. The summed E-state index contributed by atoms with van der Waals surface area (Å²) < 4.78 is 11.7. The molecule has 0 radical (unpaired) electrons. The smallest absolute Gasteiger partial charge is 0.244 e. The molecule has 0 aliphatic rings. The first kappa shape index (κ1) is 23.3. The van der Waals surface area contributed by atoms with Gasteiger partial charge in [0, 0.05) is 5.02 Å². The van der Waals surface area contributed by atoms with Crippen molar-refractivity contribution in [3.8, 4) is 11.5 Å². The summed E-state index contributed by atoms with van der Waals surface area (Å²) in [6.07, 6.45) is 1.84. The molecule has 1 N–H and O–H groups in total. The fourth-order valence-electron chi connectivity index (χ4n) is 3.57. The van der Waals surface area contributed by atoms with E-state index in [2.05, 4.69) is 10.5 Å². The van der Waals surface area contributed by atoms with Crippen molar-refractivity contribution in [3.05, 3.63) is 107 Å². The van der Waals surface area contributed by atoms with Crippen molar-refractivity contribution in [2.45, 2.75) is 20.0 Å². The molecule has 1 amide bonds. The average molecular weight is 473 g/mol. The number of rotatable bonds is 9. The lowest BCUT2D eigenvalue weighted by Crippen LogP contribution is -2.19. The summed E-state index contributed by atoms with van der Waals surface area (Å²) in [4.78, 5) is 12.4. The Morgan fingerprint density at radius 3 is 2.56 bits per heavy atom. The molecule has 172 valence electrons. The Bertz CT molecular complexity index is 1300. The van der Waals surface area contributed by atoms with E-state index < -0.39 is 0 Å². The SMILES string of the molecule is CCOc1cc(C=NNC(=O)Cc2cccc3ccccc23)ccc1OCc1ccc(Cl)cc1. The van der Waals surface area contributed by atoms with E-state index in [9.17, 15) is 4.79 Å². The zero-order valence-electron chi connectivity index (χ0n) is 18.8. The van der Waals surface area contributed by atoms with E-state index in [1.165, 1.54) is 0 Å². The Hall–Kier alpha value is -3.83. The average Bonchev–Trinajstić information content (AvgIpc) is 2.85. The second-order valence-electron chi connectivity index (χ2n) is 7.66. The van der Waals surface area contributed by atoms with E-state index in [1.54, 1.807) is 6.21 Å². The molecule has 0 fully saturated rings. The van der Waals surface area contributed by atoms with Crippen LogP contribution in [-0.4, -0.2) is 18.7 Å². The van der Waals surface area contributed by atoms with Gasteiger partial charge in [-0.25, -0.2) is 5.43 Å². The van der Waals surface area contributed by atoms with Gasteiger partial charge in [-0.3, -0.25) is 4.79 Å². The summed E-state index contributed by atoms with van der Waals surface area (Å²) in [6, 6.07) is 27.0. The van der Waals surface area contributed by atoms with E-state index in [4.69, 9.17) is 21.1 Å². The fraction of sp³-hybridized carbons (Fsp3) is 0.143. The van der Waals surface area contributed by atoms with Gasteiger partial charge in [-0.1, -0.05) is 66.2 Å². The predicted molar refractivity (Wildman–Crippen MR) is 137 cm³/mol. The summed E-state index contributed by atoms with van der Waals surface area (Å²) in [5.74, 6) is 1.07. The molecule has 0 spiro atoms. The van der Waals surface area contributed by atoms with Crippen LogP contribution in [0.4, 0.5) is 0 Å². The van der Waals surface area contributed by atoms with E-state index in [0.717, 1.165) is 27.5 Å². The number of nitrogens with one attached hydrogen (secondary N) is 1. The Labute approximate surface area is 204 Å². The molecule has 0 saturated carbocycles. The standard InChI is InChI=1S/C28H25ClN2O3/c1-2-33-27-16-21(12-15-26(27)34-19-20-10-13-24(29)14-11-20)18-30-31-28(32)17-23-8-5-7-22-6-3-4-9-25(22)23/h3-16,18H,2,17,19H2,1H3,(H,31,32). The number of benzene rings is 4.